The number of esters is 1. The number of para-hydroxylation sites is 1. The van der Waals surface area contributed by atoms with Gasteiger partial charge in [-0.2, -0.15) is 0 Å². The minimum absolute atomic E-state index is 0.0500. The maximum absolute atomic E-state index is 12.8. The smallest absolute Gasteiger partial charge is 0.331 e. The molecule has 0 amide bonds. The SMILES string of the molecule is O=C(C=Cc1ccccc1[N+](=O)[O-])OCC(=O)C12CC3CC(CC(C3)C1)C2. The molecule has 0 heterocycles. The molecule has 0 N–H and O–H groups in total. The second-order valence-corrected chi connectivity index (χ2v) is 8.38. The van der Waals surface area contributed by atoms with Gasteiger partial charge in [0.15, 0.2) is 12.4 Å². The summed E-state index contributed by atoms with van der Waals surface area (Å²) in [6.07, 6.45) is 9.11. The Balaban J connectivity index is 1.36. The second-order valence-electron chi connectivity index (χ2n) is 8.38. The lowest BCUT2D eigenvalue weighted by Gasteiger charge is -2.55. The van der Waals surface area contributed by atoms with Gasteiger partial charge in [-0.1, -0.05) is 12.1 Å². The van der Waals surface area contributed by atoms with Crippen LogP contribution in [-0.4, -0.2) is 23.3 Å². The summed E-state index contributed by atoms with van der Waals surface area (Å²) in [6, 6.07) is 6.16. The normalized spacial score (nSPS) is 31.2. The highest BCUT2D eigenvalue weighted by molar-refractivity contribution is 5.92. The molecule has 4 saturated carbocycles. The molecule has 6 heteroatoms. The first-order valence-electron chi connectivity index (χ1n) is 9.57. The number of ether oxygens (including phenoxy) is 1. The fraction of sp³-hybridized carbons (Fsp3) is 0.524. The van der Waals surface area contributed by atoms with Crippen molar-refractivity contribution in [2.24, 2.45) is 23.2 Å². The molecule has 27 heavy (non-hydrogen) atoms. The van der Waals surface area contributed by atoms with Crippen LogP contribution in [0.3, 0.4) is 0 Å². The Morgan fingerprint density at radius 3 is 2.30 bits per heavy atom. The first-order valence-corrected chi connectivity index (χ1v) is 9.57. The maximum Gasteiger partial charge on any atom is 0.331 e. The van der Waals surface area contributed by atoms with E-state index in [2.05, 4.69) is 0 Å². The van der Waals surface area contributed by atoms with E-state index in [4.69, 9.17) is 4.74 Å². The van der Waals surface area contributed by atoms with Gasteiger partial charge in [-0.05, 0) is 68.4 Å². The van der Waals surface area contributed by atoms with Gasteiger partial charge in [0.05, 0.1) is 10.5 Å². The lowest BCUT2D eigenvalue weighted by atomic mass is 9.48. The number of nitro benzene ring substituents is 1. The van der Waals surface area contributed by atoms with Crippen LogP contribution in [0.1, 0.15) is 44.1 Å². The number of ketones is 1. The van der Waals surface area contributed by atoms with Gasteiger partial charge in [0.1, 0.15) is 0 Å². The van der Waals surface area contributed by atoms with Crippen molar-refractivity contribution >= 4 is 23.5 Å². The third-order valence-corrected chi connectivity index (χ3v) is 6.51. The molecule has 0 radical (unpaired) electrons. The number of benzene rings is 1. The van der Waals surface area contributed by atoms with Crippen LogP contribution in [0.15, 0.2) is 30.3 Å². The molecule has 1 aromatic carbocycles. The Labute approximate surface area is 157 Å². The Morgan fingerprint density at radius 2 is 1.70 bits per heavy atom. The molecule has 5 rings (SSSR count). The molecule has 0 spiro atoms. The monoisotopic (exact) mass is 369 g/mol. The van der Waals surface area contributed by atoms with Crippen molar-refractivity contribution < 1.29 is 19.2 Å². The minimum Gasteiger partial charge on any atom is -0.455 e. The molecule has 0 atom stereocenters. The molecule has 4 bridgehead atoms. The Morgan fingerprint density at radius 1 is 1.11 bits per heavy atom. The molecule has 0 aliphatic heterocycles. The molecular weight excluding hydrogens is 346 g/mol. The van der Waals surface area contributed by atoms with Gasteiger partial charge in [-0.15, -0.1) is 0 Å². The van der Waals surface area contributed by atoms with Crippen LogP contribution >= 0.6 is 0 Å². The third-order valence-electron chi connectivity index (χ3n) is 6.51. The zero-order chi connectivity index (χ0) is 19.0. The summed E-state index contributed by atoms with van der Waals surface area (Å²) in [5.74, 6) is 1.39. The van der Waals surface area contributed by atoms with Gasteiger partial charge in [-0.3, -0.25) is 14.9 Å². The van der Waals surface area contributed by atoms with Crippen LogP contribution in [0.2, 0.25) is 0 Å². The van der Waals surface area contributed by atoms with E-state index in [-0.39, 0.29) is 23.5 Å². The zero-order valence-corrected chi connectivity index (χ0v) is 15.1. The number of Topliss-reactive ketones (excluding diaryl/α,β-unsaturated/α-hetero) is 1. The van der Waals surface area contributed by atoms with E-state index in [1.807, 2.05) is 0 Å². The summed E-state index contributed by atoms with van der Waals surface area (Å²) < 4.78 is 5.17. The molecule has 0 saturated heterocycles. The average Bonchev–Trinajstić information content (AvgIpc) is 2.63. The first kappa shape index (κ1) is 17.9. The van der Waals surface area contributed by atoms with Crippen molar-refractivity contribution in [2.75, 3.05) is 6.61 Å². The quantitative estimate of drug-likeness (QED) is 0.328. The standard InChI is InChI=1S/C21H23NO5/c23-19(21-10-14-7-15(11-21)9-16(8-14)12-21)13-27-20(24)6-5-17-3-1-2-4-18(17)22(25)26/h1-6,14-16H,7-13H2. The molecule has 4 aliphatic carbocycles. The fourth-order valence-electron chi connectivity index (χ4n) is 5.74. The molecule has 0 unspecified atom stereocenters. The summed E-state index contributed by atoms with van der Waals surface area (Å²) in [5.41, 5.74) is -0.0326. The van der Waals surface area contributed by atoms with E-state index in [1.165, 1.54) is 31.4 Å². The van der Waals surface area contributed by atoms with E-state index < -0.39 is 10.9 Å². The Kier molecular flexibility index (Phi) is 4.58. The highest BCUT2D eigenvalue weighted by Gasteiger charge is 2.54. The summed E-state index contributed by atoms with van der Waals surface area (Å²) in [4.78, 5) is 35.3. The lowest BCUT2D eigenvalue weighted by Crippen LogP contribution is -2.51. The first-order chi connectivity index (χ1) is 12.9. The van der Waals surface area contributed by atoms with E-state index >= 15 is 0 Å². The van der Waals surface area contributed by atoms with Gasteiger partial charge >= 0.3 is 5.97 Å². The predicted molar refractivity (Wildman–Crippen MR) is 98.7 cm³/mol. The van der Waals surface area contributed by atoms with Crippen LogP contribution in [0.5, 0.6) is 0 Å². The molecule has 4 aliphatic rings. The second kappa shape index (κ2) is 6.91. The number of nitro groups is 1. The van der Waals surface area contributed by atoms with Crippen molar-refractivity contribution in [3.05, 3.63) is 46.0 Å². The van der Waals surface area contributed by atoms with E-state index in [1.54, 1.807) is 18.2 Å². The van der Waals surface area contributed by atoms with Crippen LogP contribution in [0.25, 0.3) is 6.08 Å². The lowest BCUT2D eigenvalue weighted by molar-refractivity contribution is -0.385. The topological polar surface area (TPSA) is 86.5 Å². The summed E-state index contributed by atoms with van der Waals surface area (Å²) in [5, 5.41) is 11.0. The highest BCUT2D eigenvalue weighted by atomic mass is 16.6. The van der Waals surface area contributed by atoms with Crippen molar-refractivity contribution in [1.29, 1.82) is 0 Å². The zero-order valence-electron chi connectivity index (χ0n) is 15.1. The predicted octanol–water partition coefficient (Wildman–Crippen LogP) is 3.94. The van der Waals surface area contributed by atoms with Crippen molar-refractivity contribution in [1.82, 2.24) is 0 Å². The summed E-state index contributed by atoms with van der Waals surface area (Å²) in [6.45, 7) is -0.202. The summed E-state index contributed by atoms with van der Waals surface area (Å²) in [7, 11) is 0. The van der Waals surface area contributed by atoms with Crippen LogP contribution in [-0.2, 0) is 14.3 Å². The van der Waals surface area contributed by atoms with Gasteiger partial charge < -0.3 is 4.74 Å². The van der Waals surface area contributed by atoms with Crippen LogP contribution < -0.4 is 0 Å². The summed E-state index contributed by atoms with van der Waals surface area (Å²) >= 11 is 0. The Bertz CT molecular complexity index is 777. The van der Waals surface area contributed by atoms with Crippen molar-refractivity contribution in [3.63, 3.8) is 0 Å². The molecule has 4 fully saturated rings. The van der Waals surface area contributed by atoms with E-state index in [0.29, 0.717) is 23.3 Å². The van der Waals surface area contributed by atoms with E-state index in [0.717, 1.165) is 25.3 Å². The van der Waals surface area contributed by atoms with Crippen LogP contribution in [0, 0.1) is 33.3 Å². The van der Waals surface area contributed by atoms with Gasteiger partial charge in [0.2, 0.25) is 0 Å². The molecule has 142 valence electrons. The minimum atomic E-state index is -0.647. The molecule has 1 aromatic rings. The maximum atomic E-state index is 12.8. The number of carbonyl (C=O) groups is 2. The van der Waals surface area contributed by atoms with Crippen LogP contribution in [0.4, 0.5) is 5.69 Å². The number of nitrogens with zero attached hydrogens (tertiary/aromatic N) is 1. The number of hydrogen-bond acceptors (Lipinski definition) is 5. The number of carbonyl (C=O) groups excluding carboxylic acids is 2. The third kappa shape index (κ3) is 3.53. The van der Waals surface area contributed by atoms with Gasteiger partial charge in [0, 0.05) is 17.6 Å². The Hall–Kier alpha value is -2.50. The highest BCUT2D eigenvalue weighted by Crippen LogP contribution is 2.60. The molecule has 6 nitrogen and oxygen atoms in total. The number of rotatable bonds is 6. The average molecular weight is 369 g/mol. The van der Waals surface area contributed by atoms with Crippen molar-refractivity contribution in [2.45, 2.75) is 38.5 Å². The van der Waals surface area contributed by atoms with Crippen molar-refractivity contribution in [3.8, 4) is 0 Å². The van der Waals surface area contributed by atoms with Gasteiger partial charge in [0.25, 0.3) is 5.69 Å². The molecular formula is C21H23NO5. The fourth-order valence-corrected chi connectivity index (χ4v) is 5.74. The number of hydrogen-bond donors (Lipinski definition) is 0. The molecule has 0 aromatic heterocycles. The largest absolute Gasteiger partial charge is 0.455 e. The van der Waals surface area contributed by atoms with E-state index in [9.17, 15) is 19.7 Å². The van der Waals surface area contributed by atoms with Gasteiger partial charge in [-0.25, -0.2) is 4.79 Å².